The average Bonchev–Trinajstić information content (AvgIpc) is 2.67. The molecule has 1 heterocycles. The summed E-state index contributed by atoms with van der Waals surface area (Å²) in [6.45, 7) is 6.83. The monoisotopic (exact) mass is 246 g/mol. The highest BCUT2D eigenvalue weighted by Gasteiger charge is 2.32. The molecule has 1 fully saturated rings. The number of aryl methyl sites for hydroxylation is 1. The summed E-state index contributed by atoms with van der Waals surface area (Å²) >= 11 is 0. The third-order valence-electron chi connectivity index (χ3n) is 2.83. The van der Waals surface area contributed by atoms with Gasteiger partial charge in [0.1, 0.15) is 18.5 Å². The maximum atomic E-state index is 5.74. The summed E-state index contributed by atoms with van der Waals surface area (Å²) in [4.78, 5) is 0. The van der Waals surface area contributed by atoms with Crippen molar-refractivity contribution in [3.05, 3.63) is 29.3 Å². The fourth-order valence-electron chi connectivity index (χ4n) is 1.93. The minimum absolute atomic E-state index is 0.0216. The lowest BCUT2D eigenvalue weighted by atomic mass is 10.1. The Morgan fingerprint density at radius 3 is 2.83 bits per heavy atom. The van der Waals surface area contributed by atoms with Crippen LogP contribution < -0.4 is 4.74 Å². The molecule has 0 aromatic heterocycles. The minimum Gasteiger partial charge on any atom is -0.491 e. The summed E-state index contributed by atoms with van der Waals surface area (Å²) < 4.78 is 16.9. The minimum atomic E-state index is -0.504. The standard InChI is InChI=1S/C15H18O3/c1-5-12-6-7-14(11(2)8-12)16-9-13-10-17-15(3,4)18-13/h1,6-8,13H,9-10H2,2-4H3/t13-/m0/s1. The molecule has 0 radical (unpaired) electrons. The first kappa shape index (κ1) is 12.9. The first-order valence-electron chi connectivity index (χ1n) is 6.02. The van der Waals surface area contributed by atoms with Crippen molar-refractivity contribution in [3.8, 4) is 18.1 Å². The number of rotatable bonds is 3. The molecule has 0 N–H and O–H groups in total. The molecule has 0 bridgehead atoms. The van der Waals surface area contributed by atoms with Crippen LogP contribution in [0.2, 0.25) is 0 Å². The second-order valence-electron chi connectivity index (χ2n) is 4.89. The highest BCUT2D eigenvalue weighted by atomic mass is 16.7. The Morgan fingerprint density at radius 1 is 1.50 bits per heavy atom. The Bertz CT molecular complexity index is 471. The number of terminal acetylenes is 1. The van der Waals surface area contributed by atoms with Gasteiger partial charge in [-0.2, -0.15) is 0 Å². The van der Waals surface area contributed by atoms with Crippen molar-refractivity contribution in [1.82, 2.24) is 0 Å². The second-order valence-corrected chi connectivity index (χ2v) is 4.89. The largest absolute Gasteiger partial charge is 0.491 e. The van der Waals surface area contributed by atoms with Gasteiger partial charge in [0.05, 0.1) is 6.61 Å². The maximum Gasteiger partial charge on any atom is 0.163 e. The van der Waals surface area contributed by atoms with Gasteiger partial charge in [0, 0.05) is 5.56 Å². The van der Waals surface area contributed by atoms with E-state index in [9.17, 15) is 0 Å². The Labute approximate surface area is 108 Å². The van der Waals surface area contributed by atoms with Crippen LogP contribution in [0.25, 0.3) is 0 Å². The summed E-state index contributed by atoms with van der Waals surface area (Å²) in [7, 11) is 0. The first-order chi connectivity index (χ1) is 8.50. The zero-order valence-electron chi connectivity index (χ0n) is 11.0. The number of ether oxygens (including phenoxy) is 3. The normalized spacial score (nSPS) is 21.6. The highest BCUT2D eigenvalue weighted by molar-refractivity contribution is 5.42. The maximum absolute atomic E-state index is 5.74. The molecule has 0 amide bonds. The van der Waals surface area contributed by atoms with Crippen LogP contribution in [0.15, 0.2) is 18.2 Å². The van der Waals surface area contributed by atoms with Crippen LogP contribution >= 0.6 is 0 Å². The van der Waals surface area contributed by atoms with Gasteiger partial charge in [-0.1, -0.05) is 5.92 Å². The van der Waals surface area contributed by atoms with Gasteiger partial charge in [0.15, 0.2) is 5.79 Å². The Morgan fingerprint density at radius 2 is 2.28 bits per heavy atom. The van der Waals surface area contributed by atoms with Crippen LogP contribution in [0.3, 0.4) is 0 Å². The summed E-state index contributed by atoms with van der Waals surface area (Å²) in [6.07, 6.45) is 5.32. The number of hydrogen-bond donors (Lipinski definition) is 0. The Balaban J connectivity index is 1.93. The fourth-order valence-corrected chi connectivity index (χ4v) is 1.93. The van der Waals surface area contributed by atoms with E-state index in [2.05, 4.69) is 5.92 Å². The van der Waals surface area contributed by atoms with E-state index in [1.165, 1.54) is 0 Å². The van der Waals surface area contributed by atoms with Crippen molar-refractivity contribution in [2.75, 3.05) is 13.2 Å². The molecule has 1 aromatic rings. The Hall–Kier alpha value is -1.50. The van der Waals surface area contributed by atoms with Gasteiger partial charge in [0.25, 0.3) is 0 Å². The summed E-state index contributed by atoms with van der Waals surface area (Å²) in [5, 5.41) is 0. The summed E-state index contributed by atoms with van der Waals surface area (Å²) in [5.74, 6) is 2.93. The van der Waals surface area contributed by atoms with Crippen LogP contribution in [-0.4, -0.2) is 25.1 Å². The van der Waals surface area contributed by atoms with Gasteiger partial charge in [-0.05, 0) is 44.5 Å². The van der Waals surface area contributed by atoms with Gasteiger partial charge in [-0.15, -0.1) is 6.42 Å². The Kier molecular flexibility index (Phi) is 3.60. The fraction of sp³-hybridized carbons (Fsp3) is 0.467. The molecule has 1 aromatic carbocycles. The van der Waals surface area contributed by atoms with Crippen LogP contribution in [0, 0.1) is 19.3 Å². The van der Waals surface area contributed by atoms with E-state index >= 15 is 0 Å². The molecule has 1 aliphatic heterocycles. The molecule has 0 unspecified atom stereocenters. The molecule has 96 valence electrons. The smallest absolute Gasteiger partial charge is 0.163 e. The third-order valence-corrected chi connectivity index (χ3v) is 2.83. The lowest BCUT2D eigenvalue weighted by Gasteiger charge is -2.17. The van der Waals surface area contributed by atoms with Crippen molar-refractivity contribution >= 4 is 0 Å². The quantitative estimate of drug-likeness (QED) is 0.767. The molecule has 0 spiro atoms. The topological polar surface area (TPSA) is 27.7 Å². The van der Waals surface area contributed by atoms with Gasteiger partial charge in [0.2, 0.25) is 0 Å². The van der Waals surface area contributed by atoms with Crippen LogP contribution in [-0.2, 0) is 9.47 Å². The molecule has 3 heteroatoms. The first-order valence-corrected chi connectivity index (χ1v) is 6.02. The van der Waals surface area contributed by atoms with Crippen molar-refractivity contribution in [2.24, 2.45) is 0 Å². The zero-order chi connectivity index (χ0) is 13.2. The number of hydrogen-bond acceptors (Lipinski definition) is 3. The molecule has 18 heavy (non-hydrogen) atoms. The lowest BCUT2D eigenvalue weighted by Crippen LogP contribution is -2.25. The summed E-state index contributed by atoms with van der Waals surface area (Å²) in [6, 6.07) is 5.70. The van der Waals surface area contributed by atoms with Gasteiger partial charge >= 0.3 is 0 Å². The summed E-state index contributed by atoms with van der Waals surface area (Å²) in [5.41, 5.74) is 1.89. The molecule has 0 saturated carbocycles. The van der Waals surface area contributed by atoms with Gasteiger partial charge in [-0.25, -0.2) is 0 Å². The van der Waals surface area contributed by atoms with E-state index in [1.807, 2.05) is 39.0 Å². The van der Waals surface area contributed by atoms with E-state index < -0.39 is 5.79 Å². The van der Waals surface area contributed by atoms with E-state index in [-0.39, 0.29) is 6.10 Å². The molecule has 1 atom stereocenters. The van der Waals surface area contributed by atoms with Crippen molar-refractivity contribution in [2.45, 2.75) is 32.7 Å². The molecule has 1 aliphatic rings. The SMILES string of the molecule is C#Cc1ccc(OC[C@H]2COC(C)(C)O2)c(C)c1. The lowest BCUT2D eigenvalue weighted by molar-refractivity contribution is -0.141. The van der Waals surface area contributed by atoms with Crippen molar-refractivity contribution < 1.29 is 14.2 Å². The van der Waals surface area contributed by atoms with Crippen LogP contribution in [0.1, 0.15) is 25.0 Å². The number of benzene rings is 1. The molecule has 2 rings (SSSR count). The molecule has 1 saturated heterocycles. The molecule has 0 aliphatic carbocycles. The van der Waals surface area contributed by atoms with Crippen LogP contribution in [0.5, 0.6) is 5.75 Å². The average molecular weight is 246 g/mol. The van der Waals surface area contributed by atoms with Gasteiger partial charge in [-0.3, -0.25) is 0 Å². The van der Waals surface area contributed by atoms with Crippen molar-refractivity contribution in [3.63, 3.8) is 0 Å². The third kappa shape index (κ3) is 3.04. The second kappa shape index (κ2) is 5.01. The van der Waals surface area contributed by atoms with Crippen LogP contribution in [0.4, 0.5) is 0 Å². The molecular weight excluding hydrogens is 228 g/mol. The van der Waals surface area contributed by atoms with Gasteiger partial charge < -0.3 is 14.2 Å². The molecular formula is C15H18O3. The van der Waals surface area contributed by atoms with E-state index in [0.29, 0.717) is 13.2 Å². The molecule has 3 nitrogen and oxygen atoms in total. The zero-order valence-corrected chi connectivity index (χ0v) is 11.0. The van der Waals surface area contributed by atoms with Crippen molar-refractivity contribution in [1.29, 1.82) is 0 Å². The highest BCUT2D eigenvalue weighted by Crippen LogP contribution is 2.24. The van der Waals surface area contributed by atoms with E-state index in [0.717, 1.165) is 16.9 Å². The predicted molar refractivity (Wildman–Crippen MR) is 69.5 cm³/mol. The van der Waals surface area contributed by atoms with E-state index in [4.69, 9.17) is 20.6 Å². The predicted octanol–water partition coefficient (Wildman–Crippen LogP) is 2.51. The van der Waals surface area contributed by atoms with E-state index in [1.54, 1.807) is 0 Å².